The van der Waals surface area contributed by atoms with E-state index in [0.29, 0.717) is 13.0 Å². The summed E-state index contributed by atoms with van der Waals surface area (Å²) in [5.74, 6) is -0.114. The Morgan fingerprint density at radius 1 is 1.21 bits per heavy atom. The Kier molecular flexibility index (Phi) is 4.77. The zero-order valence-corrected chi connectivity index (χ0v) is 12.6. The molecule has 1 heterocycles. The Morgan fingerprint density at radius 3 is 2.21 bits per heavy atom. The summed E-state index contributed by atoms with van der Waals surface area (Å²) >= 11 is 0. The second kappa shape index (κ2) is 5.76. The summed E-state index contributed by atoms with van der Waals surface area (Å²) in [6.07, 6.45) is 2.69. The van der Waals surface area contributed by atoms with E-state index in [4.69, 9.17) is 0 Å². The molecule has 0 aromatic rings. The lowest BCUT2D eigenvalue weighted by molar-refractivity contribution is -0.137. The van der Waals surface area contributed by atoms with Crippen LogP contribution in [0.3, 0.4) is 0 Å². The fourth-order valence-electron chi connectivity index (χ4n) is 3.20. The average Bonchev–Trinajstić information content (AvgIpc) is 2.24. The van der Waals surface area contributed by atoms with Crippen LogP contribution in [-0.2, 0) is 9.59 Å². The maximum Gasteiger partial charge on any atom is 0.243 e. The highest BCUT2D eigenvalue weighted by Crippen LogP contribution is 2.39. The highest BCUT2D eigenvalue weighted by atomic mass is 16.2. The first-order chi connectivity index (χ1) is 8.65. The molecule has 1 N–H and O–H groups in total. The fourth-order valence-corrected chi connectivity index (χ4v) is 3.20. The molecule has 1 rings (SSSR count). The molecule has 0 bridgehead atoms. The number of hydrogen-bond acceptors (Lipinski definition) is 2. The molecule has 1 fully saturated rings. The molecule has 2 amide bonds. The van der Waals surface area contributed by atoms with E-state index in [2.05, 4.69) is 39.6 Å². The topological polar surface area (TPSA) is 49.4 Å². The number of hydrogen-bond donors (Lipinski definition) is 1. The summed E-state index contributed by atoms with van der Waals surface area (Å²) < 4.78 is 0. The fraction of sp³-hybridized carbons (Fsp3) is 0.733. The molecule has 0 saturated carbocycles. The molecule has 0 radical (unpaired) electrons. The first-order valence-electron chi connectivity index (χ1n) is 6.83. The smallest absolute Gasteiger partial charge is 0.243 e. The number of piperidine rings is 1. The molecule has 4 nitrogen and oxygen atoms in total. The number of nitrogens with one attached hydrogen (secondary N) is 1. The summed E-state index contributed by atoms with van der Waals surface area (Å²) in [7, 11) is 0. The average molecular weight is 266 g/mol. The van der Waals surface area contributed by atoms with E-state index < -0.39 is 0 Å². The molecule has 108 valence electrons. The van der Waals surface area contributed by atoms with E-state index in [0.717, 1.165) is 19.5 Å². The van der Waals surface area contributed by atoms with Gasteiger partial charge in [0, 0.05) is 26.1 Å². The second-order valence-corrected chi connectivity index (χ2v) is 7.00. The normalized spacial score (nSPS) is 20.7. The van der Waals surface area contributed by atoms with Crippen molar-refractivity contribution in [3.8, 4) is 0 Å². The van der Waals surface area contributed by atoms with Gasteiger partial charge in [0.25, 0.3) is 0 Å². The molecular formula is C15H26N2O2. The Hall–Kier alpha value is -1.32. The van der Waals surface area contributed by atoms with Gasteiger partial charge in [-0.1, -0.05) is 34.3 Å². The summed E-state index contributed by atoms with van der Waals surface area (Å²) in [5.41, 5.74) is 0.309. The third-order valence-electron chi connectivity index (χ3n) is 3.37. The molecule has 0 atom stereocenters. The molecule has 0 unspecified atom stereocenters. The minimum atomic E-state index is -0.230. The third-order valence-corrected chi connectivity index (χ3v) is 3.37. The minimum Gasteiger partial charge on any atom is -0.352 e. The van der Waals surface area contributed by atoms with Crippen molar-refractivity contribution in [2.45, 2.75) is 40.5 Å². The molecular weight excluding hydrogens is 240 g/mol. The molecule has 1 aliphatic rings. The van der Waals surface area contributed by atoms with Crippen LogP contribution in [-0.4, -0.2) is 36.3 Å². The van der Waals surface area contributed by atoms with E-state index >= 15 is 0 Å². The molecule has 0 aliphatic carbocycles. The zero-order chi connectivity index (χ0) is 14.7. The van der Waals surface area contributed by atoms with Crippen molar-refractivity contribution in [1.29, 1.82) is 0 Å². The Morgan fingerprint density at radius 2 is 1.74 bits per heavy atom. The molecule has 4 heteroatoms. The van der Waals surface area contributed by atoms with Gasteiger partial charge in [0.05, 0.1) is 0 Å². The molecule has 19 heavy (non-hydrogen) atoms. The number of rotatable bonds is 4. The molecule has 0 aromatic carbocycles. The first-order valence-corrected chi connectivity index (χ1v) is 6.83. The number of carbonyl (C=O) groups excluding carboxylic acids is 2. The summed E-state index contributed by atoms with van der Waals surface area (Å²) in [6, 6.07) is 0. The summed E-state index contributed by atoms with van der Waals surface area (Å²) in [6.45, 7) is 14.2. The van der Waals surface area contributed by atoms with E-state index in [1.54, 1.807) is 0 Å². The largest absolute Gasteiger partial charge is 0.352 e. The van der Waals surface area contributed by atoms with Gasteiger partial charge >= 0.3 is 0 Å². The molecule has 0 spiro atoms. The van der Waals surface area contributed by atoms with Crippen LogP contribution in [0.4, 0.5) is 0 Å². The molecule has 0 aromatic heterocycles. The van der Waals surface area contributed by atoms with Crippen molar-refractivity contribution in [2.75, 3.05) is 19.6 Å². The van der Waals surface area contributed by atoms with Crippen LogP contribution in [0.15, 0.2) is 12.7 Å². The van der Waals surface area contributed by atoms with Gasteiger partial charge in [-0.15, -0.1) is 0 Å². The van der Waals surface area contributed by atoms with Gasteiger partial charge in [0.2, 0.25) is 11.8 Å². The standard InChI is InChI=1S/C15H26N2O2/c1-6-12(18)16-8-7-13(19)17-10-14(2,3)9-15(4,5)11-17/h6H,1,7-11H2,2-5H3,(H,16,18). The second-order valence-electron chi connectivity index (χ2n) is 7.00. The van der Waals surface area contributed by atoms with Crippen LogP contribution in [0.25, 0.3) is 0 Å². The molecule has 1 saturated heterocycles. The zero-order valence-electron chi connectivity index (χ0n) is 12.6. The van der Waals surface area contributed by atoms with Crippen molar-refractivity contribution in [2.24, 2.45) is 10.8 Å². The predicted molar refractivity (Wildman–Crippen MR) is 76.6 cm³/mol. The number of nitrogens with zero attached hydrogens (tertiary/aromatic N) is 1. The van der Waals surface area contributed by atoms with E-state index in [1.807, 2.05) is 4.90 Å². The van der Waals surface area contributed by atoms with E-state index in [1.165, 1.54) is 6.08 Å². The lowest BCUT2D eigenvalue weighted by Gasteiger charge is -2.47. The quantitative estimate of drug-likeness (QED) is 0.791. The van der Waals surface area contributed by atoms with Crippen molar-refractivity contribution >= 4 is 11.8 Å². The van der Waals surface area contributed by atoms with Gasteiger partial charge in [-0.3, -0.25) is 9.59 Å². The van der Waals surface area contributed by atoms with Crippen LogP contribution < -0.4 is 5.32 Å². The van der Waals surface area contributed by atoms with Crippen molar-refractivity contribution in [3.63, 3.8) is 0 Å². The van der Waals surface area contributed by atoms with Gasteiger partial charge < -0.3 is 10.2 Å². The Balaban J connectivity index is 2.52. The van der Waals surface area contributed by atoms with Crippen LogP contribution in [0.2, 0.25) is 0 Å². The number of amides is 2. The Bertz CT molecular complexity index is 356. The van der Waals surface area contributed by atoms with Crippen molar-refractivity contribution < 1.29 is 9.59 Å². The summed E-state index contributed by atoms with van der Waals surface area (Å²) in [4.78, 5) is 25.1. The number of likely N-dealkylation sites (tertiary alicyclic amines) is 1. The lowest BCUT2D eigenvalue weighted by atomic mass is 9.71. The van der Waals surface area contributed by atoms with Crippen LogP contribution in [0.1, 0.15) is 40.5 Å². The van der Waals surface area contributed by atoms with Gasteiger partial charge in [-0.25, -0.2) is 0 Å². The van der Waals surface area contributed by atoms with Gasteiger partial charge in [0.1, 0.15) is 0 Å². The third kappa shape index (κ3) is 5.05. The SMILES string of the molecule is C=CC(=O)NCCC(=O)N1CC(C)(C)CC(C)(C)C1. The highest BCUT2D eigenvalue weighted by molar-refractivity contribution is 5.87. The lowest BCUT2D eigenvalue weighted by Crippen LogP contribution is -2.51. The first kappa shape index (κ1) is 15.7. The maximum atomic E-state index is 12.2. The van der Waals surface area contributed by atoms with Gasteiger partial charge in [0.15, 0.2) is 0 Å². The highest BCUT2D eigenvalue weighted by Gasteiger charge is 2.38. The molecule has 1 aliphatic heterocycles. The van der Waals surface area contributed by atoms with Gasteiger partial charge in [-0.05, 0) is 23.3 Å². The van der Waals surface area contributed by atoms with Crippen molar-refractivity contribution in [3.05, 3.63) is 12.7 Å². The Labute approximate surface area is 116 Å². The van der Waals surface area contributed by atoms with Crippen molar-refractivity contribution in [1.82, 2.24) is 10.2 Å². The van der Waals surface area contributed by atoms with E-state index in [-0.39, 0.29) is 22.6 Å². The van der Waals surface area contributed by atoms with Gasteiger partial charge in [-0.2, -0.15) is 0 Å². The minimum absolute atomic E-state index is 0.116. The van der Waals surface area contributed by atoms with Crippen LogP contribution >= 0.6 is 0 Å². The van der Waals surface area contributed by atoms with Crippen LogP contribution in [0.5, 0.6) is 0 Å². The number of carbonyl (C=O) groups is 2. The maximum absolute atomic E-state index is 12.2. The van der Waals surface area contributed by atoms with Crippen LogP contribution in [0, 0.1) is 10.8 Å². The predicted octanol–water partition coefficient (Wildman–Crippen LogP) is 1.96. The summed E-state index contributed by atoms with van der Waals surface area (Å²) in [5, 5.41) is 2.64. The van der Waals surface area contributed by atoms with E-state index in [9.17, 15) is 9.59 Å². The monoisotopic (exact) mass is 266 g/mol.